The minimum Gasteiger partial charge on any atom is -0.321 e. The van der Waals surface area contributed by atoms with Gasteiger partial charge in [-0.1, -0.05) is 19.4 Å². The summed E-state index contributed by atoms with van der Waals surface area (Å²) in [5.41, 5.74) is 0.172. The van der Waals surface area contributed by atoms with Gasteiger partial charge in [0.05, 0.1) is 4.90 Å². The summed E-state index contributed by atoms with van der Waals surface area (Å²) in [5.74, 6) is -0.508. The lowest BCUT2D eigenvalue weighted by molar-refractivity contribution is 0.101. The molecule has 0 spiro atoms. The van der Waals surface area contributed by atoms with Crippen molar-refractivity contribution in [1.82, 2.24) is 9.78 Å². The van der Waals surface area contributed by atoms with E-state index in [-0.39, 0.29) is 16.1 Å². The number of hydrogen-bond acceptors (Lipinski definition) is 5. The van der Waals surface area contributed by atoms with Crippen LogP contribution in [-0.2, 0) is 16.4 Å². The van der Waals surface area contributed by atoms with E-state index in [2.05, 4.69) is 10.4 Å². The smallest absolute Gasteiger partial charge is 0.276 e. The van der Waals surface area contributed by atoms with Crippen molar-refractivity contribution in [2.24, 2.45) is 0 Å². The Morgan fingerprint density at radius 2 is 2.00 bits per heavy atom. The standard InChI is InChI=1S/C16H19N3O4S/c1-3-4-10-19-15(20)9-8-14(18-19)16(21)17-12-6-5-7-13(11-12)24(2,22)23/h5-9,11H,3-4,10H2,1-2H3,(H,17,21). The second-order valence-corrected chi connectivity index (χ2v) is 7.40. The molecule has 0 saturated carbocycles. The van der Waals surface area contributed by atoms with Gasteiger partial charge in [0.25, 0.3) is 11.5 Å². The van der Waals surface area contributed by atoms with E-state index in [1.54, 1.807) is 12.1 Å². The van der Waals surface area contributed by atoms with Crippen LogP contribution in [0.15, 0.2) is 46.1 Å². The van der Waals surface area contributed by atoms with Crippen LogP contribution in [0.2, 0.25) is 0 Å². The molecule has 0 saturated heterocycles. The molecule has 2 aromatic rings. The summed E-state index contributed by atoms with van der Waals surface area (Å²) < 4.78 is 24.4. The first-order chi connectivity index (χ1) is 11.3. The third-order valence-corrected chi connectivity index (χ3v) is 4.45. The van der Waals surface area contributed by atoms with Gasteiger partial charge in [-0.25, -0.2) is 13.1 Å². The zero-order valence-corrected chi connectivity index (χ0v) is 14.3. The molecule has 1 aromatic carbocycles. The van der Waals surface area contributed by atoms with Crippen LogP contribution in [0, 0.1) is 0 Å². The Bertz CT molecular complexity index is 904. The molecule has 1 heterocycles. The average Bonchev–Trinajstić information content (AvgIpc) is 2.53. The summed E-state index contributed by atoms with van der Waals surface area (Å²) in [7, 11) is -3.36. The Morgan fingerprint density at radius 3 is 2.67 bits per heavy atom. The van der Waals surface area contributed by atoms with Crippen molar-refractivity contribution in [3.05, 3.63) is 52.4 Å². The number of carbonyl (C=O) groups excluding carboxylic acids is 1. The van der Waals surface area contributed by atoms with Gasteiger partial charge in [-0.3, -0.25) is 9.59 Å². The van der Waals surface area contributed by atoms with Crippen molar-refractivity contribution in [1.29, 1.82) is 0 Å². The summed E-state index contributed by atoms with van der Waals surface area (Å²) in [5, 5.41) is 6.64. The van der Waals surface area contributed by atoms with Crippen LogP contribution in [0.5, 0.6) is 0 Å². The van der Waals surface area contributed by atoms with Gasteiger partial charge >= 0.3 is 0 Å². The van der Waals surface area contributed by atoms with Crippen molar-refractivity contribution in [2.45, 2.75) is 31.2 Å². The zero-order chi connectivity index (χ0) is 17.7. The molecule has 128 valence electrons. The number of nitrogens with zero attached hydrogens (tertiary/aromatic N) is 2. The van der Waals surface area contributed by atoms with Gasteiger partial charge < -0.3 is 5.32 Å². The Kier molecular flexibility index (Phi) is 5.50. The summed E-state index contributed by atoms with van der Waals surface area (Å²) in [6, 6.07) is 8.60. The molecular weight excluding hydrogens is 330 g/mol. The topological polar surface area (TPSA) is 98.1 Å². The molecule has 0 aliphatic heterocycles. The first kappa shape index (κ1) is 17.9. The summed E-state index contributed by atoms with van der Waals surface area (Å²) >= 11 is 0. The number of hydrogen-bond donors (Lipinski definition) is 1. The summed E-state index contributed by atoms with van der Waals surface area (Å²) in [6.45, 7) is 2.44. The van der Waals surface area contributed by atoms with Gasteiger partial charge in [0.1, 0.15) is 5.69 Å². The fourth-order valence-corrected chi connectivity index (χ4v) is 2.70. The van der Waals surface area contributed by atoms with Crippen LogP contribution in [0.1, 0.15) is 30.3 Å². The third kappa shape index (κ3) is 4.51. The number of aryl methyl sites for hydroxylation is 1. The van der Waals surface area contributed by atoms with Gasteiger partial charge in [0, 0.05) is 24.6 Å². The number of carbonyl (C=O) groups is 1. The summed E-state index contributed by atoms with van der Waals surface area (Å²) in [4.78, 5) is 24.1. The number of rotatable bonds is 6. The number of amides is 1. The predicted octanol–water partition coefficient (Wildman–Crippen LogP) is 1.70. The van der Waals surface area contributed by atoms with E-state index < -0.39 is 15.7 Å². The highest BCUT2D eigenvalue weighted by atomic mass is 32.2. The van der Waals surface area contributed by atoms with Gasteiger partial charge in [-0.15, -0.1) is 0 Å². The molecule has 7 nitrogen and oxygen atoms in total. The van der Waals surface area contributed by atoms with Crippen LogP contribution in [0.3, 0.4) is 0 Å². The summed E-state index contributed by atoms with van der Waals surface area (Å²) in [6.07, 6.45) is 2.79. The number of sulfone groups is 1. The van der Waals surface area contributed by atoms with Crippen molar-refractivity contribution >= 4 is 21.4 Å². The fraction of sp³-hybridized carbons (Fsp3) is 0.312. The second-order valence-electron chi connectivity index (χ2n) is 5.39. The quantitative estimate of drug-likeness (QED) is 0.856. The Hall–Kier alpha value is -2.48. The lowest BCUT2D eigenvalue weighted by Gasteiger charge is -2.08. The van der Waals surface area contributed by atoms with Gasteiger partial charge in [-0.2, -0.15) is 5.10 Å². The van der Waals surface area contributed by atoms with E-state index in [0.29, 0.717) is 12.2 Å². The molecule has 0 fully saturated rings. The van der Waals surface area contributed by atoms with Gasteiger partial charge in [0.2, 0.25) is 0 Å². The van der Waals surface area contributed by atoms with E-state index in [4.69, 9.17) is 0 Å². The molecule has 0 aliphatic rings. The molecule has 1 N–H and O–H groups in total. The molecule has 8 heteroatoms. The minimum absolute atomic E-state index is 0.0930. The normalized spacial score (nSPS) is 11.2. The van der Waals surface area contributed by atoms with Crippen molar-refractivity contribution in [3.8, 4) is 0 Å². The maximum atomic E-state index is 12.3. The molecule has 1 aromatic heterocycles. The van der Waals surface area contributed by atoms with Crippen LogP contribution >= 0.6 is 0 Å². The Morgan fingerprint density at radius 1 is 1.25 bits per heavy atom. The number of anilines is 1. The number of nitrogens with one attached hydrogen (secondary N) is 1. The highest BCUT2D eigenvalue weighted by Crippen LogP contribution is 2.15. The highest BCUT2D eigenvalue weighted by Gasteiger charge is 2.12. The molecule has 24 heavy (non-hydrogen) atoms. The number of benzene rings is 1. The van der Waals surface area contributed by atoms with Crippen molar-refractivity contribution < 1.29 is 13.2 Å². The highest BCUT2D eigenvalue weighted by molar-refractivity contribution is 7.90. The van der Waals surface area contributed by atoms with Crippen molar-refractivity contribution in [3.63, 3.8) is 0 Å². The van der Waals surface area contributed by atoms with E-state index in [0.717, 1.165) is 19.1 Å². The third-order valence-electron chi connectivity index (χ3n) is 3.34. The van der Waals surface area contributed by atoms with E-state index in [9.17, 15) is 18.0 Å². The number of aromatic nitrogens is 2. The lowest BCUT2D eigenvalue weighted by atomic mass is 10.3. The van der Waals surface area contributed by atoms with Crippen LogP contribution in [0.25, 0.3) is 0 Å². The fourth-order valence-electron chi connectivity index (χ4n) is 2.04. The lowest BCUT2D eigenvalue weighted by Crippen LogP contribution is -2.26. The predicted molar refractivity (Wildman–Crippen MR) is 90.9 cm³/mol. The Labute approximate surface area is 140 Å². The van der Waals surface area contributed by atoms with Crippen molar-refractivity contribution in [2.75, 3.05) is 11.6 Å². The molecule has 0 bridgehead atoms. The molecule has 1 amide bonds. The van der Waals surface area contributed by atoms with Crippen LogP contribution in [0.4, 0.5) is 5.69 Å². The Balaban J connectivity index is 2.23. The molecule has 0 aliphatic carbocycles. The zero-order valence-electron chi connectivity index (χ0n) is 13.5. The van der Waals surface area contributed by atoms with Crippen LogP contribution < -0.4 is 10.9 Å². The van der Waals surface area contributed by atoms with E-state index in [1.165, 1.54) is 28.9 Å². The number of unbranched alkanes of at least 4 members (excludes halogenated alkanes) is 1. The molecule has 0 atom stereocenters. The molecule has 0 radical (unpaired) electrons. The SMILES string of the molecule is CCCCn1nc(C(=O)Nc2cccc(S(C)(=O)=O)c2)ccc1=O. The maximum absolute atomic E-state index is 12.3. The minimum atomic E-state index is -3.36. The maximum Gasteiger partial charge on any atom is 0.276 e. The first-order valence-electron chi connectivity index (χ1n) is 7.51. The monoisotopic (exact) mass is 349 g/mol. The molecule has 0 unspecified atom stereocenters. The average molecular weight is 349 g/mol. The van der Waals surface area contributed by atoms with Crippen LogP contribution in [-0.4, -0.2) is 30.4 Å². The molecule has 2 rings (SSSR count). The van der Waals surface area contributed by atoms with E-state index >= 15 is 0 Å². The van der Waals surface area contributed by atoms with Gasteiger partial charge in [-0.05, 0) is 30.7 Å². The van der Waals surface area contributed by atoms with E-state index in [1.807, 2.05) is 6.92 Å². The van der Waals surface area contributed by atoms with Gasteiger partial charge in [0.15, 0.2) is 9.84 Å². The second kappa shape index (κ2) is 7.39. The first-order valence-corrected chi connectivity index (χ1v) is 9.40. The molecular formula is C16H19N3O4S. The largest absolute Gasteiger partial charge is 0.321 e.